The maximum absolute atomic E-state index is 13.2. The highest BCUT2D eigenvalue weighted by molar-refractivity contribution is 5.78. The fourth-order valence-corrected chi connectivity index (χ4v) is 3.22. The minimum atomic E-state index is -0.317. The maximum Gasteiger partial charge on any atom is 0.260 e. The van der Waals surface area contributed by atoms with Crippen LogP contribution in [0.25, 0.3) is 11.3 Å². The molecule has 0 spiro atoms. The van der Waals surface area contributed by atoms with Gasteiger partial charge in [-0.1, -0.05) is 17.3 Å². The molecule has 3 aromatic rings. The third-order valence-electron chi connectivity index (χ3n) is 4.72. The Morgan fingerprint density at radius 1 is 1.18 bits per heavy atom. The Morgan fingerprint density at radius 3 is 2.68 bits per heavy atom. The molecule has 2 heterocycles. The van der Waals surface area contributed by atoms with E-state index >= 15 is 0 Å². The molecule has 0 N–H and O–H groups in total. The molecule has 0 atom stereocenters. The van der Waals surface area contributed by atoms with Gasteiger partial charge in [-0.25, -0.2) is 4.39 Å². The summed E-state index contributed by atoms with van der Waals surface area (Å²) in [5, 5.41) is 4.11. The number of rotatable bonds is 5. The zero-order chi connectivity index (χ0) is 19.5. The number of halogens is 1. The molecule has 1 aliphatic heterocycles. The summed E-state index contributed by atoms with van der Waals surface area (Å²) in [6.07, 6.45) is 0.598. The Kier molecular flexibility index (Phi) is 4.97. The third kappa shape index (κ3) is 3.55. The zero-order valence-electron chi connectivity index (χ0n) is 15.4. The van der Waals surface area contributed by atoms with Crippen molar-refractivity contribution in [2.24, 2.45) is 0 Å². The lowest BCUT2D eigenvalue weighted by atomic mass is 10.0. The van der Waals surface area contributed by atoms with Crippen LogP contribution in [0.4, 0.5) is 4.39 Å². The minimum absolute atomic E-state index is 0.0904. The molecule has 0 fully saturated rings. The number of hydrogen-bond donors (Lipinski definition) is 0. The molecular weight excluding hydrogens is 363 g/mol. The molecule has 6 nitrogen and oxygen atoms in total. The van der Waals surface area contributed by atoms with Crippen molar-refractivity contribution in [3.8, 4) is 22.8 Å². The van der Waals surface area contributed by atoms with Gasteiger partial charge in [0, 0.05) is 24.1 Å². The number of para-hydroxylation sites is 2. The number of carbonyl (C=O) groups excluding carboxylic acids is 1. The topological polar surface area (TPSA) is 64.8 Å². The second kappa shape index (κ2) is 7.72. The number of aromatic nitrogens is 1. The van der Waals surface area contributed by atoms with Crippen LogP contribution in [0.1, 0.15) is 11.3 Å². The predicted octanol–water partition coefficient (Wildman–Crippen LogP) is 3.45. The quantitative estimate of drug-likeness (QED) is 0.676. The number of ether oxygens (including phenoxy) is 2. The highest BCUT2D eigenvalue weighted by atomic mass is 19.1. The molecule has 2 aromatic carbocycles. The molecule has 7 heteroatoms. The van der Waals surface area contributed by atoms with Gasteiger partial charge in [0.15, 0.2) is 23.9 Å². The van der Waals surface area contributed by atoms with Gasteiger partial charge in [0.2, 0.25) is 0 Å². The van der Waals surface area contributed by atoms with Gasteiger partial charge in [0.1, 0.15) is 5.82 Å². The van der Waals surface area contributed by atoms with Crippen LogP contribution in [-0.2, 0) is 17.8 Å². The van der Waals surface area contributed by atoms with Crippen LogP contribution in [0.5, 0.6) is 11.5 Å². The van der Waals surface area contributed by atoms with Gasteiger partial charge in [-0.05, 0) is 36.4 Å². The lowest BCUT2D eigenvalue weighted by Crippen LogP contribution is -2.38. The Labute approximate surface area is 161 Å². The van der Waals surface area contributed by atoms with E-state index in [-0.39, 0.29) is 18.3 Å². The highest BCUT2D eigenvalue weighted by Gasteiger charge is 2.27. The first-order valence-corrected chi connectivity index (χ1v) is 8.92. The Bertz CT molecular complexity index is 984. The first kappa shape index (κ1) is 18.0. The molecule has 144 valence electrons. The van der Waals surface area contributed by atoms with Crippen LogP contribution in [0.2, 0.25) is 0 Å². The summed E-state index contributed by atoms with van der Waals surface area (Å²) in [5.41, 5.74) is 2.41. The van der Waals surface area contributed by atoms with Crippen LogP contribution in [0.3, 0.4) is 0 Å². The number of carbonyl (C=O) groups is 1. The highest BCUT2D eigenvalue weighted by Crippen LogP contribution is 2.31. The van der Waals surface area contributed by atoms with E-state index in [0.717, 1.165) is 16.8 Å². The molecule has 1 aromatic heterocycles. The summed E-state index contributed by atoms with van der Waals surface area (Å²) in [6, 6.07) is 13.2. The summed E-state index contributed by atoms with van der Waals surface area (Å²) < 4.78 is 29.5. The number of benzene rings is 2. The fraction of sp³-hybridized carbons (Fsp3) is 0.238. The predicted molar refractivity (Wildman–Crippen MR) is 99.5 cm³/mol. The van der Waals surface area contributed by atoms with Crippen molar-refractivity contribution < 1.29 is 23.2 Å². The van der Waals surface area contributed by atoms with Gasteiger partial charge in [0.05, 0.1) is 19.3 Å². The maximum atomic E-state index is 13.2. The van der Waals surface area contributed by atoms with Gasteiger partial charge >= 0.3 is 0 Å². The summed E-state index contributed by atoms with van der Waals surface area (Å²) in [7, 11) is 1.55. The van der Waals surface area contributed by atoms with Gasteiger partial charge < -0.3 is 18.9 Å². The van der Waals surface area contributed by atoms with Crippen molar-refractivity contribution in [1.29, 1.82) is 0 Å². The van der Waals surface area contributed by atoms with Crippen LogP contribution in [0, 0.1) is 5.82 Å². The standard InChI is InChI=1S/C21H19FN2O4/c1-26-18-4-2-3-5-19(18)27-13-20(25)24-11-10-17-16(12-24)21(28-23-17)14-6-8-15(22)9-7-14/h2-9H,10-13H2,1H3. The van der Waals surface area contributed by atoms with Gasteiger partial charge in [-0.2, -0.15) is 0 Å². The average Bonchev–Trinajstić information content (AvgIpc) is 3.16. The average molecular weight is 382 g/mol. The normalized spacial score (nSPS) is 13.1. The van der Waals surface area contributed by atoms with Crippen molar-refractivity contribution in [2.45, 2.75) is 13.0 Å². The summed E-state index contributed by atoms with van der Waals surface area (Å²) >= 11 is 0. The van der Waals surface area contributed by atoms with Crippen LogP contribution in [0.15, 0.2) is 53.1 Å². The molecule has 1 aliphatic rings. The third-order valence-corrected chi connectivity index (χ3v) is 4.72. The number of fused-ring (bicyclic) bond motifs is 1. The van der Waals surface area contributed by atoms with E-state index in [9.17, 15) is 9.18 Å². The largest absolute Gasteiger partial charge is 0.493 e. The zero-order valence-corrected chi connectivity index (χ0v) is 15.4. The van der Waals surface area contributed by atoms with E-state index in [4.69, 9.17) is 14.0 Å². The molecule has 0 radical (unpaired) electrons. The molecular formula is C21H19FN2O4. The van der Waals surface area contributed by atoms with Crippen molar-refractivity contribution >= 4 is 5.91 Å². The van der Waals surface area contributed by atoms with Gasteiger partial charge in [-0.3, -0.25) is 4.79 Å². The Morgan fingerprint density at radius 2 is 1.93 bits per heavy atom. The van der Waals surface area contributed by atoms with Crippen molar-refractivity contribution in [2.75, 3.05) is 20.3 Å². The minimum Gasteiger partial charge on any atom is -0.493 e. The smallest absolute Gasteiger partial charge is 0.260 e. The number of hydrogen-bond acceptors (Lipinski definition) is 5. The summed E-state index contributed by atoms with van der Waals surface area (Å²) in [6.45, 7) is 0.822. The Balaban J connectivity index is 1.47. The molecule has 0 saturated carbocycles. The number of nitrogens with zero attached hydrogens (tertiary/aromatic N) is 2. The molecule has 4 rings (SSSR count). The monoisotopic (exact) mass is 382 g/mol. The molecule has 0 saturated heterocycles. The molecule has 28 heavy (non-hydrogen) atoms. The first-order chi connectivity index (χ1) is 13.7. The lowest BCUT2D eigenvalue weighted by molar-refractivity contribution is -0.134. The fourth-order valence-electron chi connectivity index (χ4n) is 3.22. The molecule has 0 aliphatic carbocycles. The number of methoxy groups -OCH3 is 1. The SMILES string of the molecule is COc1ccccc1OCC(=O)N1CCc2noc(-c3ccc(F)cc3)c2C1. The van der Waals surface area contributed by atoms with Gasteiger partial charge in [0.25, 0.3) is 5.91 Å². The second-order valence-electron chi connectivity index (χ2n) is 6.45. The van der Waals surface area contributed by atoms with Crippen molar-refractivity contribution in [3.05, 3.63) is 65.6 Å². The summed E-state index contributed by atoms with van der Waals surface area (Å²) in [5.74, 6) is 1.21. The van der Waals surface area contributed by atoms with E-state index in [2.05, 4.69) is 5.16 Å². The summed E-state index contributed by atoms with van der Waals surface area (Å²) in [4.78, 5) is 14.4. The van der Waals surface area contributed by atoms with Crippen LogP contribution < -0.4 is 9.47 Å². The Hall–Kier alpha value is -3.35. The van der Waals surface area contributed by atoms with E-state index in [1.165, 1.54) is 12.1 Å². The van der Waals surface area contributed by atoms with E-state index in [1.807, 2.05) is 12.1 Å². The van der Waals surface area contributed by atoms with E-state index in [0.29, 0.717) is 36.8 Å². The lowest BCUT2D eigenvalue weighted by Gasteiger charge is -2.26. The molecule has 0 unspecified atom stereocenters. The van der Waals surface area contributed by atoms with Crippen LogP contribution in [-0.4, -0.2) is 36.2 Å². The molecule has 1 amide bonds. The first-order valence-electron chi connectivity index (χ1n) is 8.92. The second-order valence-corrected chi connectivity index (χ2v) is 6.45. The van der Waals surface area contributed by atoms with E-state index < -0.39 is 0 Å². The van der Waals surface area contributed by atoms with Crippen molar-refractivity contribution in [1.82, 2.24) is 10.1 Å². The van der Waals surface area contributed by atoms with Gasteiger partial charge in [-0.15, -0.1) is 0 Å². The number of amides is 1. The molecule has 0 bridgehead atoms. The van der Waals surface area contributed by atoms with Crippen molar-refractivity contribution in [3.63, 3.8) is 0 Å². The van der Waals surface area contributed by atoms with Crippen LogP contribution >= 0.6 is 0 Å². The van der Waals surface area contributed by atoms with E-state index in [1.54, 1.807) is 36.3 Å².